The lowest BCUT2D eigenvalue weighted by Crippen LogP contribution is -2.38. The number of nitrogen functional groups attached to an aromatic ring is 1. The first-order valence-electron chi connectivity index (χ1n) is 7.82. The van der Waals surface area contributed by atoms with Crippen LogP contribution in [0, 0.1) is 0 Å². The second-order valence-corrected chi connectivity index (χ2v) is 5.81. The largest absolute Gasteiger partial charge is 0.398 e. The minimum absolute atomic E-state index is 0.395. The van der Waals surface area contributed by atoms with E-state index < -0.39 is 0 Å². The standard InChI is InChI=1S/C16H19N7/c17-11-3-4-16-20-8-14(23(16)10-11)13-7-19-9-15(22-13)21-12-2-1-5-18-6-12/h3-4,7-10,12,18H,1-2,5-6,17H2,(H,21,22). The van der Waals surface area contributed by atoms with Gasteiger partial charge < -0.3 is 16.4 Å². The number of piperidine rings is 1. The smallest absolute Gasteiger partial charge is 0.145 e. The fraction of sp³-hybridized carbons (Fsp3) is 0.312. The number of nitrogens with two attached hydrogens (primary N) is 1. The van der Waals surface area contributed by atoms with Crippen molar-refractivity contribution in [3.63, 3.8) is 0 Å². The number of rotatable bonds is 3. The molecule has 1 unspecified atom stereocenters. The van der Waals surface area contributed by atoms with E-state index in [1.54, 1.807) is 18.6 Å². The summed E-state index contributed by atoms with van der Waals surface area (Å²) in [6.07, 6.45) is 9.48. The van der Waals surface area contributed by atoms with Crippen molar-refractivity contribution in [2.45, 2.75) is 18.9 Å². The molecule has 7 nitrogen and oxygen atoms in total. The first kappa shape index (κ1) is 14.0. The first-order chi connectivity index (χ1) is 11.3. The van der Waals surface area contributed by atoms with Crippen molar-refractivity contribution in [1.82, 2.24) is 24.7 Å². The molecule has 3 aromatic rings. The van der Waals surface area contributed by atoms with Crippen LogP contribution in [-0.4, -0.2) is 38.5 Å². The highest BCUT2D eigenvalue weighted by Gasteiger charge is 2.14. The van der Waals surface area contributed by atoms with Gasteiger partial charge in [-0.15, -0.1) is 0 Å². The summed E-state index contributed by atoms with van der Waals surface area (Å²) in [6, 6.07) is 4.12. The fourth-order valence-electron chi connectivity index (χ4n) is 2.93. The van der Waals surface area contributed by atoms with Gasteiger partial charge in [-0.1, -0.05) is 0 Å². The molecule has 0 aliphatic carbocycles. The third-order valence-corrected chi connectivity index (χ3v) is 4.07. The average molecular weight is 309 g/mol. The topological polar surface area (TPSA) is 93.2 Å². The molecule has 0 saturated carbocycles. The summed E-state index contributed by atoms with van der Waals surface area (Å²) in [7, 11) is 0. The van der Waals surface area contributed by atoms with Gasteiger partial charge in [0.25, 0.3) is 0 Å². The minimum Gasteiger partial charge on any atom is -0.398 e. The summed E-state index contributed by atoms with van der Waals surface area (Å²) >= 11 is 0. The Hall–Kier alpha value is -2.67. The van der Waals surface area contributed by atoms with Crippen LogP contribution >= 0.6 is 0 Å². The van der Waals surface area contributed by atoms with Crippen LogP contribution in [0.2, 0.25) is 0 Å². The Morgan fingerprint density at radius 2 is 2.22 bits per heavy atom. The number of anilines is 2. The van der Waals surface area contributed by atoms with Gasteiger partial charge in [-0.3, -0.25) is 9.38 Å². The van der Waals surface area contributed by atoms with E-state index in [9.17, 15) is 0 Å². The summed E-state index contributed by atoms with van der Waals surface area (Å²) in [4.78, 5) is 13.4. The zero-order valence-electron chi connectivity index (χ0n) is 12.7. The summed E-state index contributed by atoms with van der Waals surface area (Å²) in [6.45, 7) is 2.05. The summed E-state index contributed by atoms with van der Waals surface area (Å²) in [5, 5.41) is 6.84. The molecule has 0 amide bonds. The predicted octanol–water partition coefficient (Wildman–Crippen LogP) is 1.54. The van der Waals surface area contributed by atoms with Crippen LogP contribution in [0.3, 0.4) is 0 Å². The van der Waals surface area contributed by atoms with Crippen molar-refractivity contribution >= 4 is 17.2 Å². The first-order valence-corrected chi connectivity index (χ1v) is 7.82. The van der Waals surface area contributed by atoms with E-state index in [0.717, 1.165) is 42.4 Å². The van der Waals surface area contributed by atoms with Gasteiger partial charge in [-0.25, -0.2) is 9.97 Å². The second-order valence-electron chi connectivity index (χ2n) is 5.81. The van der Waals surface area contributed by atoms with E-state index in [0.29, 0.717) is 11.7 Å². The van der Waals surface area contributed by atoms with Crippen LogP contribution in [0.15, 0.2) is 36.9 Å². The van der Waals surface area contributed by atoms with Gasteiger partial charge in [0.1, 0.15) is 17.2 Å². The van der Waals surface area contributed by atoms with Crippen molar-refractivity contribution in [3.8, 4) is 11.4 Å². The molecule has 7 heteroatoms. The molecule has 4 N–H and O–H groups in total. The van der Waals surface area contributed by atoms with Gasteiger partial charge in [0.05, 0.1) is 24.3 Å². The summed E-state index contributed by atoms with van der Waals surface area (Å²) in [5.74, 6) is 0.787. The molecule has 1 aliphatic heterocycles. The molecule has 3 aromatic heterocycles. The molecule has 0 spiro atoms. The lowest BCUT2D eigenvalue weighted by Gasteiger charge is -2.24. The molecule has 0 radical (unpaired) electrons. The molecule has 23 heavy (non-hydrogen) atoms. The number of hydrogen-bond acceptors (Lipinski definition) is 6. The number of fused-ring (bicyclic) bond motifs is 1. The van der Waals surface area contributed by atoms with Crippen molar-refractivity contribution in [2.24, 2.45) is 0 Å². The zero-order valence-corrected chi connectivity index (χ0v) is 12.7. The highest BCUT2D eigenvalue weighted by atomic mass is 15.1. The molecule has 1 saturated heterocycles. The normalized spacial score (nSPS) is 18.2. The highest BCUT2D eigenvalue weighted by Crippen LogP contribution is 2.21. The van der Waals surface area contributed by atoms with Crippen LogP contribution in [0.5, 0.6) is 0 Å². The lowest BCUT2D eigenvalue weighted by molar-refractivity contribution is 0.479. The van der Waals surface area contributed by atoms with Gasteiger partial charge in [0.15, 0.2) is 0 Å². The zero-order chi connectivity index (χ0) is 15.6. The molecule has 1 atom stereocenters. The van der Waals surface area contributed by atoms with E-state index in [4.69, 9.17) is 5.73 Å². The van der Waals surface area contributed by atoms with Crippen LogP contribution in [-0.2, 0) is 0 Å². The maximum absolute atomic E-state index is 5.88. The van der Waals surface area contributed by atoms with E-state index in [-0.39, 0.29) is 0 Å². The monoisotopic (exact) mass is 309 g/mol. The van der Waals surface area contributed by atoms with E-state index >= 15 is 0 Å². The lowest BCUT2D eigenvalue weighted by atomic mass is 10.1. The molecule has 118 valence electrons. The van der Waals surface area contributed by atoms with Crippen molar-refractivity contribution < 1.29 is 0 Å². The Morgan fingerprint density at radius 3 is 3.09 bits per heavy atom. The van der Waals surface area contributed by atoms with Gasteiger partial charge in [-0.05, 0) is 31.5 Å². The van der Waals surface area contributed by atoms with Crippen LogP contribution in [0.25, 0.3) is 17.0 Å². The van der Waals surface area contributed by atoms with Crippen LogP contribution in [0.4, 0.5) is 11.5 Å². The number of imidazole rings is 1. The van der Waals surface area contributed by atoms with E-state index in [2.05, 4.69) is 25.6 Å². The third kappa shape index (κ3) is 2.83. The van der Waals surface area contributed by atoms with Gasteiger partial charge in [0, 0.05) is 24.5 Å². The predicted molar refractivity (Wildman–Crippen MR) is 90.1 cm³/mol. The highest BCUT2D eigenvalue weighted by molar-refractivity contribution is 5.62. The quantitative estimate of drug-likeness (QED) is 0.679. The van der Waals surface area contributed by atoms with Gasteiger partial charge >= 0.3 is 0 Å². The van der Waals surface area contributed by atoms with Gasteiger partial charge in [-0.2, -0.15) is 0 Å². The molecule has 1 aliphatic rings. The Labute approximate surface area is 134 Å². The molecule has 4 heterocycles. The Kier molecular flexibility index (Phi) is 3.55. The van der Waals surface area contributed by atoms with E-state index in [1.165, 1.54) is 6.42 Å². The third-order valence-electron chi connectivity index (χ3n) is 4.07. The number of hydrogen-bond donors (Lipinski definition) is 3. The van der Waals surface area contributed by atoms with Crippen molar-refractivity contribution in [2.75, 3.05) is 24.1 Å². The molecule has 4 rings (SSSR count). The maximum atomic E-state index is 5.88. The SMILES string of the molecule is Nc1ccc2ncc(-c3cncc(NC4CCCNC4)n3)n2c1. The maximum Gasteiger partial charge on any atom is 0.145 e. The molecule has 1 fully saturated rings. The second kappa shape index (κ2) is 5.85. The van der Waals surface area contributed by atoms with E-state index in [1.807, 2.05) is 22.7 Å². The number of pyridine rings is 1. The summed E-state index contributed by atoms with van der Waals surface area (Å²) in [5.41, 5.74) is 9.06. The summed E-state index contributed by atoms with van der Waals surface area (Å²) < 4.78 is 1.94. The number of aromatic nitrogens is 4. The van der Waals surface area contributed by atoms with Crippen LogP contribution in [0.1, 0.15) is 12.8 Å². The van der Waals surface area contributed by atoms with Gasteiger partial charge in [0.2, 0.25) is 0 Å². The number of nitrogens with one attached hydrogen (secondary N) is 2. The minimum atomic E-state index is 0.395. The molecule has 0 aromatic carbocycles. The number of nitrogens with zero attached hydrogens (tertiary/aromatic N) is 4. The Balaban J connectivity index is 1.65. The molecule has 0 bridgehead atoms. The average Bonchev–Trinajstić information content (AvgIpc) is 2.99. The fourth-order valence-corrected chi connectivity index (χ4v) is 2.93. The molecular formula is C16H19N7. The Morgan fingerprint density at radius 1 is 1.26 bits per heavy atom. The Bertz CT molecular complexity index is 820. The van der Waals surface area contributed by atoms with Crippen molar-refractivity contribution in [3.05, 3.63) is 36.9 Å². The van der Waals surface area contributed by atoms with Crippen LogP contribution < -0.4 is 16.4 Å². The molecular weight excluding hydrogens is 290 g/mol. The van der Waals surface area contributed by atoms with Crippen molar-refractivity contribution in [1.29, 1.82) is 0 Å².